The van der Waals surface area contributed by atoms with Crippen molar-refractivity contribution in [2.24, 2.45) is 5.92 Å². The van der Waals surface area contributed by atoms with E-state index < -0.39 is 0 Å². The van der Waals surface area contributed by atoms with E-state index in [1.54, 1.807) is 17.0 Å². The summed E-state index contributed by atoms with van der Waals surface area (Å²) in [4.78, 5) is 30.3. The van der Waals surface area contributed by atoms with E-state index in [0.29, 0.717) is 25.1 Å². The van der Waals surface area contributed by atoms with Gasteiger partial charge in [-0.1, -0.05) is 0 Å². The summed E-state index contributed by atoms with van der Waals surface area (Å²) in [6, 6.07) is 4.65. The number of anilines is 1. The average molecular weight is 315 g/mol. The van der Waals surface area contributed by atoms with Gasteiger partial charge in [-0.15, -0.1) is 0 Å². The maximum atomic E-state index is 12.4. The molecular weight excluding hydrogens is 298 g/mol. The van der Waals surface area contributed by atoms with Gasteiger partial charge >= 0.3 is 0 Å². The predicted molar refractivity (Wildman–Crippen MR) is 81.9 cm³/mol. The molecular formula is C16H17N3O4. The van der Waals surface area contributed by atoms with Gasteiger partial charge < -0.3 is 19.7 Å². The minimum Gasteiger partial charge on any atom is -0.504 e. The Kier molecular flexibility index (Phi) is 4.27. The van der Waals surface area contributed by atoms with E-state index in [4.69, 9.17) is 4.42 Å². The molecule has 3 heterocycles. The summed E-state index contributed by atoms with van der Waals surface area (Å²) < 4.78 is 4.93. The summed E-state index contributed by atoms with van der Waals surface area (Å²) in [6.07, 6.45) is 5.78. The Labute approximate surface area is 132 Å². The van der Waals surface area contributed by atoms with Gasteiger partial charge in [0, 0.05) is 19.3 Å². The third kappa shape index (κ3) is 3.33. The van der Waals surface area contributed by atoms with Crippen LogP contribution in [0.1, 0.15) is 23.2 Å². The quantitative estimate of drug-likeness (QED) is 0.901. The molecule has 1 aliphatic rings. The van der Waals surface area contributed by atoms with Crippen LogP contribution in [-0.2, 0) is 4.79 Å². The Hall–Kier alpha value is -2.83. The molecule has 1 aliphatic heterocycles. The monoisotopic (exact) mass is 315 g/mol. The summed E-state index contributed by atoms with van der Waals surface area (Å²) in [5.41, 5.74) is 0.480. The third-order valence-electron chi connectivity index (χ3n) is 3.88. The number of aromatic nitrogens is 1. The van der Waals surface area contributed by atoms with Gasteiger partial charge in [0.2, 0.25) is 5.91 Å². The molecule has 1 saturated heterocycles. The standard InChI is InChI=1S/C16H17N3O4/c20-13-4-1-6-17-14(13)18-15(21)11-3-2-7-19(9-11)16(22)12-5-8-23-10-12/h1,4-6,8,10-11,20H,2-3,7,9H2,(H,17,18,21). The molecule has 0 spiro atoms. The smallest absolute Gasteiger partial charge is 0.257 e. The summed E-state index contributed by atoms with van der Waals surface area (Å²) in [5.74, 6) is -0.666. The number of furan rings is 1. The van der Waals surface area contributed by atoms with Crippen LogP contribution in [0.15, 0.2) is 41.3 Å². The van der Waals surface area contributed by atoms with Gasteiger partial charge in [-0.2, -0.15) is 0 Å². The van der Waals surface area contributed by atoms with Crippen molar-refractivity contribution in [3.63, 3.8) is 0 Å². The van der Waals surface area contributed by atoms with Gasteiger partial charge in [0.15, 0.2) is 11.6 Å². The van der Waals surface area contributed by atoms with Crippen LogP contribution in [0.5, 0.6) is 5.75 Å². The molecule has 120 valence electrons. The zero-order valence-electron chi connectivity index (χ0n) is 12.4. The average Bonchev–Trinajstić information content (AvgIpc) is 3.11. The van der Waals surface area contributed by atoms with Crippen molar-refractivity contribution in [2.75, 3.05) is 18.4 Å². The lowest BCUT2D eigenvalue weighted by molar-refractivity contribution is -0.121. The predicted octanol–water partition coefficient (Wildman–Crippen LogP) is 1.87. The lowest BCUT2D eigenvalue weighted by Crippen LogP contribution is -2.43. The second kappa shape index (κ2) is 6.51. The summed E-state index contributed by atoms with van der Waals surface area (Å²) >= 11 is 0. The molecule has 0 aromatic carbocycles. The molecule has 2 amide bonds. The summed E-state index contributed by atoms with van der Waals surface area (Å²) in [7, 11) is 0. The lowest BCUT2D eigenvalue weighted by Gasteiger charge is -2.31. The van der Waals surface area contributed by atoms with Crippen molar-refractivity contribution >= 4 is 17.6 Å². The Balaban J connectivity index is 1.65. The van der Waals surface area contributed by atoms with Gasteiger partial charge in [-0.3, -0.25) is 9.59 Å². The normalized spacial score (nSPS) is 17.7. The molecule has 0 bridgehead atoms. The van der Waals surface area contributed by atoms with Gasteiger partial charge in [-0.25, -0.2) is 4.98 Å². The maximum Gasteiger partial charge on any atom is 0.257 e. The Morgan fingerprint density at radius 2 is 2.26 bits per heavy atom. The number of amides is 2. The Bertz CT molecular complexity index is 699. The van der Waals surface area contributed by atoms with Crippen molar-refractivity contribution in [3.05, 3.63) is 42.5 Å². The minimum atomic E-state index is -0.332. The van der Waals surface area contributed by atoms with Gasteiger partial charge in [0.05, 0.1) is 17.7 Å². The largest absolute Gasteiger partial charge is 0.504 e. The zero-order valence-corrected chi connectivity index (χ0v) is 12.4. The number of rotatable bonds is 3. The molecule has 3 rings (SSSR count). The third-order valence-corrected chi connectivity index (χ3v) is 3.88. The lowest BCUT2D eigenvalue weighted by atomic mass is 9.96. The first-order chi connectivity index (χ1) is 11.1. The zero-order chi connectivity index (χ0) is 16.2. The maximum absolute atomic E-state index is 12.4. The number of likely N-dealkylation sites (tertiary alicyclic amines) is 1. The van der Waals surface area contributed by atoms with Gasteiger partial charge in [-0.05, 0) is 31.0 Å². The molecule has 2 N–H and O–H groups in total. The topological polar surface area (TPSA) is 95.7 Å². The van der Waals surface area contributed by atoms with Crippen LogP contribution in [0.2, 0.25) is 0 Å². The number of pyridine rings is 1. The second-order valence-corrected chi connectivity index (χ2v) is 5.46. The highest BCUT2D eigenvalue weighted by Gasteiger charge is 2.29. The van der Waals surface area contributed by atoms with Crippen LogP contribution in [0.3, 0.4) is 0 Å². The SMILES string of the molecule is O=C(Nc1ncccc1O)C1CCCN(C(=O)c2ccoc2)C1. The molecule has 23 heavy (non-hydrogen) atoms. The molecule has 1 fully saturated rings. The van der Waals surface area contributed by atoms with Crippen LogP contribution in [0.25, 0.3) is 0 Å². The minimum absolute atomic E-state index is 0.0806. The first-order valence-corrected chi connectivity index (χ1v) is 7.41. The number of nitrogens with zero attached hydrogens (tertiary/aromatic N) is 2. The molecule has 2 aromatic heterocycles. The molecule has 2 aromatic rings. The summed E-state index contributed by atoms with van der Waals surface area (Å²) in [6.45, 7) is 0.950. The number of hydrogen-bond donors (Lipinski definition) is 2. The second-order valence-electron chi connectivity index (χ2n) is 5.46. The van der Waals surface area contributed by atoms with Crippen molar-refractivity contribution in [1.82, 2.24) is 9.88 Å². The fourth-order valence-electron chi connectivity index (χ4n) is 2.66. The van der Waals surface area contributed by atoms with Crippen molar-refractivity contribution < 1.29 is 19.1 Å². The van der Waals surface area contributed by atoms with E-state index in [-0.39, 0.29) is 29.3 Å². The van der Waals surface area contributed by atoms with Crippen molar-refractivity contribution in [2.45, 2.75) is 12.8 Å². The highest BCUT2D eigenvalue weighted by molar-refractivity contribution is 5.96. The van der Waals surface area contributed by atoms with Crippen molar-refractivity contribution in [1.29, 1.82) is 0 Å². The number of piperidine rings is 1. The van der Waals surface area contributed by atoms with Gasteiger partial charge in [0.1, 0.15) is 6.26 Å². The van der Waals surface area contributed by atoms with Crippen LogP contribution >= 0.6 is 0 Å². The van der Waals surface area contributed by atoms with E-state index in [9.17, 15) is 14.7 Å². The number of aromatic hydroxyl groups is 1. The van der Waals surface area contributed by atoms with E-state index in [0.717, 1.165) is 6.42 Å². The molecule has 7 heteroatoms. The molecule has 7 nitrogen and oxygen atoms in total. The fourth-order valence-corrected chi connectivity index (χ4v) is 2.66. The first-order valence-electron chi connectivity index (χ1n) is 7.41. The molecule has 1 unspecified atom stereocenters. The van der Waals surface area contributed by atoms with E-state index in [1.165, 1.54) is 24.8 Å². The van der Waals surface area contributed by atoms with E-state index >= 15 is 0 Å². The van der Waals surface area contributed by atoms with Gasteiger partial charge in [0.25, 0.3) is 5.91 Å². The molecule has 0 saturated carbocycles. The summed E-state index contributed by atoms with van der Waals surface area (Å²) in [5, 5.41) is 12.3. The van der Waals surface area contributed by atoms with E-state index in [1.807, 2.05) is 0 Å². The first kappa shape index (κ1) is 15.1. The number of carbonyl (C=O) groups excluding carboxylic acids is 2. The van der Waals surface area contributed by atoms with E-state index in [2.05, 4.69) is 10.3 Å². The highest BCUT2D eigenvalue weighted by atomic mass is 16.3. The Morgan fingerprint density at radius 3 is 3.00 bits per heavy atom. The molecule has 0 aliphatic carbocycles. The van der Waals surface area contributed by atoms with Crippen LogP contribution in [-0.4, -0.2) is 39.9 Å². The molecule has 0 radical (unpaired) electrons. The fraction of sp³-hybridized carbons (Fsp3) is 0.312. The van der Waals surface area contributed by atoms with Crippen LogP contribution in [0.4, 0.5) is 5.82 Å². The van der Waals surface area contributed by atoms with Crippen molar-refractivity contribution in [3.8, 4) is 5.75 Å². The van der Waals surface area contributed by atoms with Crippen LogP contribution in [0, 0.1) is 5.92 Å². The molecule has 1 atom stereocenters. The highest BCUT2D eigenvalue weighted by Crippen LogP contribution is 2.23. The number of nitrogens with one attached hydrogen (secondary N) is 1. The van der Waals surface area contributed by atoms with Crippen LogP contribution < -0.4 is 5.32 Å². The number of hydrogen-bond acceptors (Lipinski definition) is 5. The Morgan fingerprint density at radius 1 is 1.39 bits per heavy atom. The number of carbonyl (C=O) groups is 2.